The summed E-state index contributed by atoms with van der Waals surface area (Å²) in [6.45, 7) is 4.35. The summed E-state index contributed by atoms with van der Waals surface area (Å²) in [5.74, 6) is 1.68. The molecule has 19 heavy (non-hydrogen) atoms. The van der Waals surface area contributed by atoms with E-state index in [9.17, 15) is 0 Å². The number of anilines is 3. The number of aromatic nitrogens is 1. The maximum atomic E-state index is 5.73. The van der Waals surface area contributed by atoms with Crippen molar-refractivity contribution in [1.29, 1.82) is 0 Å². The third kappa shape index (κ3) is 3.16. The van der Waals surface area contributed by atoms with Gasteiger partial charge in [0.25, 0.3) is 0 Å². The van der Waals surface area contributed by atoms with Gasteiger partial charge in [-0.2, -0.15) is 4.98 Å². The van der Waals surface area contributed by atoms with Crippen molar-refractivity contribution in [2.24, 2.45) is 0 Å². The number of nitrogens with two attached hydrogens (primary N) is 1. The van der Waals surface area contributed by atoms with E-state index in [-0.39, 0.29) is 0 Å². The van der Waals surface area contributed by atoms with Gasteiger partial charge in [-0.25, -0.2) is 0 Å². The molecular weight excluding hydrogens is 238 g/mol. The number of benzene rings is 1. The predicted octanol–water partition coefficient (Wildman–Crippen LogP) is 3.54. The third-order valence-electron chi connectivity index (χ3n) is 2.93. The Morgan fingerprint density at radius 2 is 1.79 bits per heavy atom. The average Bonchev–Trinajstić information content (AvgIpc) is 2.41. The van der Waals surface area contributed by atoms with Crippen LogP contribution in [0.2, 0.25) is 0 Å². The summed E-state index contributed by atoms with van der Waals surface area (Å²) >= 11 is 0. The first-order chi connectivity index (χ1) is 9.10. The van der Waals surface area contributed by atoms with Gasteiger partial charge >= 0.3 is 0 Å². The van der Waals surface area contributed by atoms with Crippen molar-refractivity contribution in [2.75, 3.05) is 18.2 Å². The monoisotopic (exact) mass is 257 g/mol. The van der Waals surface area contributed by atoms with Crippen LogP contribution in [-0.4, -0.2) is 12.1 Å². The van der Waals surface area contributed by atoms with Crippen LogP contribution < -0.4 is 15.8 Å². The lowest BCUT2D eigenvalue weighted by Crippen LogP contribution is -1.99. The first kappa shape index (κ1) is 13.2. The number of pyridine rings is 1. The van der Waals surface area contributed by atoms with Crippen LogP contribution in [-0.2, 0) is 0 Å². The van der Waals surface area contributed by atoms with Crippen LogP contribution in [0, 0.1) is 0 Å². The first-order valence-corrected chi connectivity index (χ1v) is 6.27. The molecule has 0 aliphatic carbocycles. The topological polar surface area (TPSA) is 60.2 Å². The van der Waals surface area contributed by atoms with Crippen molar-refractivity contribution in [1.82, 2.24) is 4.98 Å². The minimum absolute atomic E-state index is 0.434. The van der Waals surface area contributed by atoms with Gasteiger partial charge in [0.05, 0.1) is 12.8 Å². The Hall–Kier alpha value is -2.23. The molecule has 2 aromatic rings. The molecule has 0 aliphatic heterocycles. The fourth-order valence-electron chi connectivity index (χ4n) is 1.78. The highest BCUT2D eigenvalue weighted by atomic mass is 16.5. The van der Waals surface area contributed by atoms with E-state index in [1.165, 1.54) is 5.56 Å². The molecule has 0 radical (unpaired) electrons. The Kier molecular flexibility index (Phi) is 3.90. The van der Waals surface area contributed by atoms with Gasteiger partial charge in [-0.05, 0) is 35.7 Å². The fraction of sp³-hybridized carbons (Fsp3) is 0.267. The SMILES string of the molecule is COc1nc(Nc2ccc(C(C)C)cc2)ccc1N. The Labute approximate surface area is 113 Å². The molecular formula is C15H19N3O. The van der Waals surface area contributed by atoms with Gasteiger partial charge in [0, 0.05) is 5.69 Å². The predicted molar refractivity (Wildman–Crippen MR) is 79.0 cm³/mol. The molecule has 100 valence electrons. The number of rotatable bonds is 4. The van der Waals surface area contributed by atoms with E-state index in [1.54, 1.807) is 13.2 Å². The molecule has 0 amide bonds. The summed E-state index contributed by atoms with van der Waals surface area (Å²) in [6.07, 6.45) is 0. The highest BCUT2D eigenvalue weighted by Crippen LogP contribution is 2.23. The zero-order chi connectivity index (χ0) is 13.8. The minimum Gasteiger partial charge on any atom is -0.479 e. The van der Waals surface area contributed by atoms with Crippen molar-refractivity contribution in [3.05, 3.63) is 42.0 Å². The van der Waals surface area contributed by atoms with E-state index in [1.807, 2.05) is 18.2 Å². The van der Waals surface area contributed by atoms with E-state index < -0.39 is 0 Å². The largest absolute Gasteiger partial charge is 0.479 e. The summed E-state index contributed by atoms with van der Waals surface area (Å²) in [5.41, 5.74) is 8.56. The Balaban J connectivity index is 2.16. The Morgan fingerprint density at radius 1 is 1.11 bits per heavy atom. The van der Waals surface area contributed by atoms with Crippen LogP contribution >= 0.6 is 0 Å². The van der Waals surface area contributed by atoms with Crippen LogP contribution in [0.15, 0.2) is 36.4 Å². The Morgan fingerprint density at radius 3 is 2.37 bits per heavy atom. The zero-order valence-electron chi connectivity index (χ0n) is 11.5. The van der Waals surface area contributed by atoms with Crippen molar-refractivity contribution >= 4 is 17.2 Å². The molecule has 4 heteroatoms. The van der Waals surface area contributed by atoms with Crippen LogP contribution in [0.5, 0.6) is 5.88 Å². The summed E-state index contributed by atoms with van der Waals surface area (Å²) in [6, 6.07) is 11.9. The first-order valence-electron chi connectivity index (χ1n) is 6.27. The van der Waals surface area contributed by atoms with E-state index in [2.05, 4.69) is 36.3 Å². The molecule has 0 spiro atoms. The summed E-state index contributed by atoms with van der Waals surface area (Å²) in [5, 5.41) is 3.23. The van der Waals surface area contributed by atoms with Crippen LogP contribution in [0.4, 0.5) is 17.2 Å². The second kappa shape index (κ2) is 5.61. The lowest BCUT2D eigenvalue weighted by molar-refractivity contribution is 0.401. The summed E-state index contributed by atoms with van der Waals surface area (Å²) in [7, 11) is 1.56. The lowest BCUT2D eigenvalue weighted by Gasteiger charge is -2.10. The molecule has 0 aliphatic rings. The van der Waals surface area contributed by atoms with Crippen LogP contribution in [0.3, 0.4) is 0 Å². The van der Waals surface area contributed by atoms with Crippen molar-refractivity contribution in [2.45, 2.75) is 19.8 Å². The Bertz CT molecular complexity index is 550. The average molecular weight is 257 g/mol. The van der Waals surface area contributed by atoms with Gasteiger partial charge < -0.3 is 15.8 Å². The highest BCUT2D eigenvalue weighted by Gasteiger charge is 2.04. The number of methoxy groups -OCH3 is 1. The van der Waals surface area contributed by atoms with Crippen molar-refractivity contribution in [3.8, 4) is 5.88 Å². The third-order valence-corrected chi connectivity index (χ3v) is 2.93. The second-order valence-electron chi connectivity index (χ2n) is 4.70. The van der Waals surface area contributed by atoms with Gasteiger partial charge in [-0.15, -0.1) is 0 Å². The van der Waals surface area contributed by atoms with Gasteiger partial charge in [0.2, 0.25) is 5.88 Å². The molecule has 4 nitrogen and oxygen atoms in total. The molecule has 0 fully saturated rings. The second-order valence-corrected chi connectivity index (χ2v) is 4.70. The van der Waals surface area contributed by atoms with E-state index in [0.29, 0.717) is 23.3 Å². The van der Waals surface area contributed by atoms with E-state index in [0.717, 1.165) is 5.69 Å². The van der Waals surface area contributed by atoms with Crippen molar-refractivity contribution < 1.29 is 4.74 Å². The van der Waals surface area contributed by atoms with Crippen LogP contribution in [0.1, 0.15) is 25.3 Å². The minimum atomic E-state index is 0.434. The van der Waals surface area contributed by atoms with Gasteiger partial charge in [0.1, 0.15) is 5.82 Å². The maximum absolute atomic E-state index is 5.73. The molecule has 2 rings (SSSR count). The standard InChI is InChI=1S/C15H19N3O/c1-10(2)11-4-6-12(7-5-11)17-14-9-8-13(16)15(18-14)19-3/h4-10H,16H2,1-3H3,(H,17,18). The summed E-state index contributed by atoms with van der Waals surface area (Å²) < 4.78 is 5.10. The van der Waals surface area contributed by atoms with Crippen molar-refractivity contribution in [3.63, 3.8) is 0 Å². The number of nitrogens with one attached hydrogen (secondary N) is 1. The van der Waals surface area contributed by atoms with E-state index in [4.69, 9.17) is 10.5 Å². The number of hydrogen-bond donors (Lipinski definition) is 2. The molecule has 1 aromatic heterocycles. The van der Waals surface area contributed by atoms with Gasteiger partial charge in [-0.1, -0.05) is 26.0 Å². The number of nitrogen functional groups attached to an aromatic ring is 1. The molecule has 3 N–H and O–H groups in total. The van der Waals surface area contributed by atoms with Gasteiger partial charge in [-0.3, -0.25) is 0 Å². The quantitative estimate of drug-likeness (QED) is 0.879. The summed E-state index contributed by atoms with van der Waals surface area (Å²) in [4.78, 5) is 4.29. The fourth-order valence-corrected chi connectivity index (χ4v) is 1.78. The molecule has 0 bridgehead atoms. The number of ether oxygens (including phenoxy) is 1. The molecule has 0 saturated heterocycles. The number of hydrogen-bond acceptors (Lipinski definition) is 4. The molecule has 0 unspecified atom stereocenters. The smallest absolute Gasteiger partial charge is 0.238 e. The molecule has 1 heterocycles. The van der Waals surface area contributed by atoms with Gasteiger partial charge in [0.15, 0.2) is 0 Å². The maximum Gasteiger partial charge on any atom is 0.238 e. The zero-order valence-corrected chi connectivity index (χ0v) is 11.5. The van der Waals surface area contributed by atoms with Crippen LogP contribution in [0.25, 0.3) is 0 Å². The lowest BCUT2D eigenvalue weighted by atomic mass is 10.0. The number of nitrogens with zero attached hydrogens (tertiary/aromatic N) is 1. The molecule has 1 aromatic carbocycles. The molecule has 0 saturated carbocycles. The van der Waals surface area contributed by atoms with E-state index >= 15 is 0 Å². The highest BCUT2D eigenvalue weighted by molar-refractivity contribution is 5.60. The molecule has 0 atom stereocenters. The normalized spacial score (nSPS) is 10.5.